The van der Waals surface area contributed by atoms with E-state index in [-0.39, 0.29) is 23.9 Å². The summed E-state index contributed by atoms with van der Waals surface area (Å²) < 4.78 is 5.86. The van der Waals surface area contributed by atoms with Gasteiger partial charge in [0.05, 0.1) is 13.2 Å². The van der Waals surface area contributed by atoms with E-state index in [1.54, 1.807) is 6.08 Å². The van der Waals surface area contributed by atoms with Crippen molar-refractivity contribution in [2.75, 3.05) is 13.2 Å². The molecule has 0 heterocycles. The minimum Gasteiger partial charge on any atom is -0.458 e. The maximum absolute atomic E-state index is 12.4. The lowest BCUT2D eigenvalue weighted by atomic mass is 9.46. The highest BCUT2D eigenvalue weighted by Crippen LogP contribution is 2.61. The first-order chi connectivity index (χ1) is 12.2. The fraction of sp³-hybridized carbons (Fsp3) is 0.857. The van der Waals surface area contributed by atoms with Crippen molar-refractivity contribution < 1.29 is 24.9 Å². The minimum absolute atomic E-state index is 0.119. The van der Waals surface area contributed by atoms with E-state index >= 15 is 0 Å². The lowest BCUT2D eigenvalue weighted by molar-refractivity contribution is -0.200. The van der Waals surface area contributed by atoms with E-state index < -0.39 is 23.7 Å². The van der Waals surface area contributed by atoms with Crippen LogP contribution in [0.5, 0.6) is 0 Å². The average Bonchev–Trinajstić information content (AvgIpc) is 2.57. The number of rotatable bonds is 7. The molecule has 0 bridgehead atoms. The zero-order valence-corrected chi connectivity index (χ0v) is 16.8. The fourth-order valence-corrected chi connectivity index (χ4v) is 5.45. The second kappa shape index (κ2) is 7.99. The molecule has 26 heavy (non-hydrogen) atoms. The van der Waals surface area contributed by atoms with E-state index in [2.05, 4.69) is 20.8 Å². The lowest BCUT2D eigenvalue weighted by Gasteiger charge is -2.61. The van der Waals surface area contributed by atoms with Crippen LogP contribution in [0, 0.1) is 16.7 Å². The number of aliphatic hydroxyl groups is 3. The number of fused-ring (bicyclic) bond motifs is 1. The third-order valence-electron chi connectivity index (χ3n) is 6.87. The number of carbonyl (C=O) groups is 1. The molecule has 2 aliphatic carbocycles. The summed E-state index contributed by atoms with van der Waals surface area (Å²) in [7, 11) is 0. The number of hydrogen-bond acceptors (Lipinski definition) is 5. The van der Waals surface area contributed by atoms with Gasteiger partial charge in [-0.3, -0.25) is 4.79 Å². The molecule has 1 saturated carbocycles. The van der Waals surface area contributed by atoms with Crippen molar-refractivity contribution in [3.8, 4) is 0 Å². The number of aliphatic hydroxyl groups excluding tert-OH is 2. The molecule has 0 aromatic heterocycles. The normalized spacial score (nSPS) is 36.2. The van der Waals surface area contributed by atoms with Crippen molar-refractivity contribution in [3.63, 3.8) is 0 Å². The minimum atomic E-state index is -1.49. The van der Waals surface area contributed by atoms with Crippen LogP contribution in [0.2, 0.25) is 0 Å². The Kier molecular flexibility index (Phi) is 6.57. The Morgan fingerprint density at radius 2 is 1.92 bits per heavy atom. The van der Waals surface area contributed by atoms with Gasteiger partial charge in [-0.1, -0.05) is 47.0 Å². The van der Waals surface area contributed by atoms with Crippen molar-refractivity contribution in [3.05, 3.63) is 11.6 Å². The van der Waals surface area contributed by atoms with Gasteiger partial charge in [0.15, 0.2) is 0 Å². The van der Waals surface area contributed by atoms with Crippen LogP contribution < -0.4 is 0 Å². The van der Waals surface area contributed by atoms with Gasteiger partial charge in [-0.15, -0.1) is 0 Å². The highest BCUT2D eigenvalue weighted by molar-refractivity contribution is 5.69. The maximum Gasteiger partial charge on any atom is 0.306 e. The van der Waals surface area contributed by atoms with Gasteiger partial charge in [0.2, 0.25) is 0 Å². The Hall–Kier alpha value is -0.910. The molecular weight excluding hydrogens is 332 g/mol. The second-order valence-corrected chi connectivity index (χ2v) is 9.02. The van der Waals surface area contributed by atoms with Crippen molar-refractivity contribution in [2.45, 2.75) is 84.3 Å². The van der Waals surface area contributed by atoms with E-state index in [0.717, 1.165) is 38.5 Å². The van der Waals surface area contributed by atoms with Crippen LogP contribution >= 0.6 is 0 Å². The van der Waals surface area contributed by atoms with Gasteiger partial charge in [0, 0.05) is 17.8 Å². The molecule has 150 valence electrons. The molecule has 0 unspecified atom stereocenters. The highest BCUT2D eigenvalue weighted by atomic mass is 16.5. The molecule has 0 spiro atoms. The van der Waals surface area contributed by atoms with E-state index in [1.807, 2.05) is 6.92 Å². The zero-order chi connectivity index (χ0) is 19.6. The van der Waals surface area contributed by atoms with Gasteiger partial charge in [0.25, 0.3) is 0 Å². The number of ether oxygens (including phenoxy) is 1. The molecule has 0 aromatic carbocycles. The van der Waals surface area contributed by atoms with E-state index in [9.17, 15) is 20.1 Å². The first-order valence-corrected chi connectivity index (χ1v) is 10.0. The van der Waals surface area contributed by atoms with Crippen molar-refractivity contribution in [2.24, 2.45) is 16.7 Å². The van der Waals surface area contributed by atoms with Gasteiger partial charge < -0.3 is 20.1 Å². The van der Waals surface area contributed by atoms with E-state index in [0.29, 0.717) is 12.0 Å². The van der Waals surface area contributed by atoms with Crippen LogP contribution in [0.3, 0.4) is 0 Å². The quantitative estimate of drug-likeness (QED) is 0.365. The van der Waals surface area contributed by atoms with Crippen molar-refractivity contribution in [1.29, 1.82) is 0 Å². The monoisotopic (exact) mass is 368 g/mol. The van der Waals surface area contributed by atoms with Gasteiger partial charge >= 0.3 is 5.97 Å². The number of unbranched alkanes of at least 4 members (excludes halogenated alkanes) is 2. The molecule has 1 fully saturated rings. The summed E-state index contributed by atoms with van der Waals surface area (Å²) in [6, 6.07) is 0. The summed E-state index contributed by atoms with van der Waals surface area (Å²) in [6.07, 6.45) is 7.06. The van der Waals surface area contributed by atoms with Crippen LogP contribution in [-0.2, 0) is 9.53 Å². The van der Waals surface area contributed by atoms with Gasteiger partial charge in [-0.05, 0) is 36.3 Å². The maximum atomic E-state index is 12.4. The number of hydrogen-bond donors (Lipinski definition) is 3. The Morgan fingerprint density at radius 3 is 2.50 bits per heavy atom. The predicted octanol–water partition coefficient (Wildman–Crippen LogP) is 2.97. The van der Waals surface area contributed by atoms with Crippen LogP contribution in [0.25, 0.3) is 0 Å². The molecule has 3 N–H and O–H groups in total. The summed E-state index contributed by atoms with van der Waals surface area (Å²) in [5.74, 6) is -0.346. The molecule has 0 aromatic rings. The fourth-order valence-electron chi connectivity index (χ4n) is 5.45. The zero-order valence-electron chi connectivity index (χ0n) is 16.8. The van der Waals surface area contributed by atoms with Crippen molar-refractivity contribution >= 4 is 5.97 Å². The van der Waals surface area contributed by atoms with Crippen LogP contribution in [0.15, 0.2) is 11.6 Å². The van der Waals surface area contributed by atoms with Gasteiger partial charge in [-0.25, -0.2) is 0 Å². The standard InChI is InChI=1S/C21H36O5/c1-5-6-7-9-17(24)26-16-12-15(13-22)21(25,14-23)20(4)11-8-10-19(2,3)18(16)20/h12,16,18,22-23,25H,5-11,13-14H2,1-4H3/t16-,18-,20-,21+/m0/s1. The topological polar surface area (TPSA) is 87.0 Å². The van der Waals surface area contributed by atoms with E-state index in [1.165, 1.54) is 0 Å². The summed E-state index contributed by atoms with van der Waals surface area (Å²) in [6.45, 7) is 7.54. The first-order valence-electron chi connectivity index (χ1n) is 10.0. The Labute approximate surface area is 157 Å². The summed E-state index contributed by atoms with van der Waals surface area (Å²) in [4.78, 5) is 12.4. The van der Waals surface area contributed by atoms with E-state index in [4.69, 9.17) is 4.74 Å². The molecule has 5 heteroatoms. The molecule has 2 aliphatic rings. The largest absolute Gasteiger partial charge is 0.458 e. The summed E-state index contributed by atoms with van der Waals surface area (Å²) in [5.41, 5.74) is -1.94. The first kappa shape index (κ1) is 21.4. The molecule has 5 nitrogen and oxygen atoms in total. The Morgan fingerprint density at radius 1 is 1.23 bits per heavy atom. The molecule has 2 rings (SSSR count). The molecule has 0 amide bonds. The van der Waals surface area contributed by atoms with Crippen molar-refractivity contribution in [1.82, 2.24) is 0 Å². The number of esters is 1. The number of carbonyl (C=O) groups excluding carboxylic acids is 1. The molecule has 0 saturated heterocycles. The van der Waals surface area contributed by atoms with Gasteiger partial charge in [-0.2, -0.15) is 0 Å². The Bertz CT molecular complexity index is 541. The molecule has 0 aliphatic heterocycles. The SMILES string of the molecule is CCCCCC(=O)O[C@H]1C=C(CO)[C@](O)(CO)[C@@]2(C)CCCC(C)(C)[C@H]12. The third-order valence-corrected chi connectivity index (χ3v) is 6.87. The third kappa shape index (κ3) is 3.58. The summed E-state index contributed by atoms with van der Waals surface area (Å²) >= 11 is 0. The lowest BCUT2D eigenvalue weighted by Crippen LogP contribution is -2.65. The Balaban J connectivity index is 2.39. The van der Waals surface area contributed by atoms with Crippen LogP contribution in [0.1, 0.15) is 72.6 Å². The van der Waals surface area contributed by atoms with Gasteiger partial charge in [0.1, 0.15) is 11.7 Å². The second-order valence-electron chi connectivity index (χ2n) is 9.02. The molecular formula is C21H36O5. The molecule has 4 atom stereocenters. The van der Waals surface area contributed by atoms with Crippen LogP contribution in [0.4, 0.5) is 0 Å². The smallest absolute Gasteiger partial charge is 0.306 e. The van der Waals surface area contributed by atoms with Crippen LogP contribution in [-0.4, -0.2) is 46.2 Å². The highest BCUT2D eigenvalue weighted by Gasteiger charge is 2.63. The molecule has 0 radical (unpaired) electrons. The predicted molar refractivity (Wildman–Crippen MR) is 100 cm³/mol. The average molecular weight is 369 g/mol. The summed E-state index contributed by atoms with van der Waals surface area (Å²) in [5, 5.41) is 31.2.